The normalized spacial score (nSPS) is 24.8. The lowest BCUT2D eigenvalue weighted by atomic mass is 9.86. The fourth-order valence-corrected chi connectivity index (χ4v) is 2.79. The summed E-state index contributed by atoms with van der Waals surface area (Å²) in [5.41, 5.74) is 1.71. The average molecular weight is 232 g/mol. The van der Waals surface area contributed by atoms with Gasteiger partial charge in [0.1, 0.15) is 0 Å². The molecule has 1 aromatic rings. The summed E-state index contributed by atoms with van der Waals surface area (Å²) in [6.45, 7) is 6.98. The van der Waals surface area contributed by atoms with Gasteiger partial charge in [-0.1, -0.05) is 30.3 Å². The van der Waals surface area contributed by atoms with Crippen molar-refractivity contribution in [3.05, 3.63) is 35.9 Å². The summed E-state index contributed by atoms with van der Waals surface area (Å²) in [4.78, 5) is 2.61. The molecule has 0 spiro atoms. The molecule has 0 amide bonds. The van der Waals surface area contributed by atoms with Crippen molar-refractivity contribution in [2.75, 3.05) is 13.6 Å². The lowest BCUT2D eigenvalue weighted by molar-refractivity contribution is 0.0529. The van der Waals surface area contributed by atoms with E-state index in [1.54, 1.807) is 0 Å². The van der Waals surface area contributed by atoms with Gasteiger partial charge in [0.2, 0.25) is 0 Å². The Morgan fingerprint density at radius 2 is 2.00 bits per heavy atom. The van der Waals surface area contributed by atoms with Gasteiger partial charge >= 0.3 is 0 Å². The minimum absolute atomic E-state index is 0.293. The second kappa shape index (κ2) is 5.19. The standard InChI is InChI=1S/C15H24N2/c1-15(2)11-14(16-3)9-10-17(15)12-13-7-5-4-6-8-13/h4-8,14,16H,9-12H2,1-3H3. The molecule has 1 atom stereocenters. The molecule has 1 unspecified atom stereocenters. The summed E-state index contributed by atoms with van der Waals surface area (Å²) in [5.74, 6) is 0. The van der Waals surface area contributed by atoms with Crippen LogP contribution in [0.5, 0.6) is 0 Å². The zero-order chi connectivity index (χ0) is 12.3. The summed E-state index contributed by atoms with van der Waals surface area (Å²) in [5, 5.41) is 3.42. The molecule has 1 N–H and O–H groups in total. The summed E-state index contributed by atoms with van der Waals surface area (Å²) < 4.78 is 0. The fourth-order valence-electron chi connectivity index (χ4n) is 2.79. The van der Waals surface area contributed by atoms with Gasteiger partial charge in [0.25, 0.3) is 0 Å². The number of rotatable bonds is 3. The molecule has 1 heterocycles. The molecular weight excluding hydrogens is 208 g/mol. The van der Waals surface area contributed by atoms with Crippen molar-refractivity contribution >= 4 is 0 Å². The predicted molar refractivity (Wildman–Crippen MR) is 73.0 cm³/mol. The number of nitrogens with one attached hydrogen (secondary N) is 1. The maximum Gasteiger partial charge on any atom is 0.0239 e. The summed E-state index contributed by atoms with van der Waals surface area (Å²) in [6.07, 6.45) is 2.49. The van der Waals surface area contributed by atoms with E-state index in [0.717, 1.165) is 6.54 Å². The van der Waals surface area contributed by atoms with Crippen LogP contribution in [0.15, 0.2) is 30.3 Å². The Balaban J connectivity index is 2.02. The molecule has 1 aromatic carbocycles. The molecule has 0 saturated carbocycles. The molecule has 1 aliphatic heterocycles. The van der Waals surface area contributed by atoms with Gasteiger partial charge in [0.05, 0.1) is 0 Å². The Morgan fingerprint density at radius 1 is 1.29 bits per heavy atom. The Kier molecular flexibility index (Phi) is 3.85. The molecule has 17 heavy (non-hydrogen) atoms. The average Bonchev–Trinajstić information content (AvgIpc) is 2.33. The summed E-state index contributed by atoms with van der Waals surface area (Å²) in [6, 6.07) is 11.5. The highest BCUT2D eigenvalue weighted by atomic mass is 15.2. The fraction of sp³-hybridized carbons (Fsp3) is 0.600. The zero-order valence-corrected chi connectivity index (χ0v) is 11.2. The van der Waals surface area contributed by atoms with Crippen LogP contribution in [-0.2, 0) is 6.54 Å². The lowest BCUT2D eigenvalue weighted by Gasteiger charge is -2.45. The van der Waals surface area contributed by atoms with E-state index in [1.807, 2.05) is 0 Å². The topological polar surface area (TPSA) is 15.3 Å². The van der Waals surface area contributed by atoms with E-state index < -0.39 is 0 Å². The van der Waals surface area contributed by atoms with E-state index in [-0.39, 0.29) is 0 Å². The van der Waals surface area contributed by atoms with Crippen LogP contribution in [0.25, 0.3) is 0 Å². The van der Waals surface area contributed by atoms with Gasteiger partial charge in [-0.05, 0) is 39.3 Å². The van der Waals surface area contributed by atoms with Crippen LogP contribution in [0.3, 0.4) is 0 Å². The van der Waals surface area contributed by atoms with Gasteiger partial charge < -0.3 is 5.32 Å². The zero-order valence-electron chi connectivity index (χ0n) is 11.2. The summed E-state index contributed by atoms with van der Waals surface area (Å²) >= 11 is 0. The Labute approximate surface area is 105 Å². The third-order valence-electron chi connectivity index (χ3n) is 3.97. The molecule has 0 radical (unpaired) electrons. The number of piperidine rings is 1. The lowest BCUT2D eigenvalue weighted by Crippen LogP contribution is -2.53. The first-order valence-electron chi connectivity index (χ1n) is 6.58. The first-order valence-corrected chi connectivity index (χ1v) is 6.58. The van der Waals surface area contributed by atoms with Crippen LogP contribution in [0.2, 0.25) is 0 Å². The number of hydrogen-bond donors (Lipinski definition) is 1. The number of hydrogen-bond acceptors (Lipinski definition) is 2. The molecule has 0 aromatic heterocycles. The summed E-state index contributed by atoms with van der Waals surface area (Å²) in [7, 11) is 2.08. The Hall–Kier alpha value is -0.860. The van der Waals surface area contributed by atoms with Crippen molar-refractivity contribution in [2.24, 2.45) is 0 Å². The third-order valence-corrected chi connectivity index (χ3v) is 3.97. The monoisotopic (exact) mass is 232 g/mol. The smallest absolute Gasteiger partial charge is 0.0239 e. The maximum absolute atomic E-state index is 3.42. The van der Waals surface area contributed by atoms with E-state index in [9.17, 15) is 0 Å². The largest absolute Gasteiger partial charge is 0.317 e. The molecule has 2 rings (SSSR count). The van der Waals surface area contributed by atoms with Gasteiger partial charge in [-0.3, -0.25) is 4.90 Å². The molecule has 1 fully saturated rings. The van der Waals surface area contributed by atoms with Crippen molar-refractivity contribution < 1.29 is 0 Å². The van der Waals surface area contributed by atoms with Crippen molar-refractivity contribution in [1.29, 1.82) is 0 Å². The highest BCUT2D eigenvalue weighted by Gasteiger charge is 2.33. The van der Waals surface area contributed by atoms with Gasteiger partial charge in [-0.2, -0.15) is 0 Å². The number of nitrogens with zero attached hydrogens (tertiary/aromatic N) is 1. The molecule has 1 saturated heterocycles. The molecule has 0 aliphatic carbocycles. The van der Waals surface area contributed by atoms with Crippen LogP contribution < -0.4 is 5.32 Å². The SMILES string of the molecule is CNC1CCN(Cc2ccccc2)C(C)(C)C1. The minimum Gasteiger partial charge on any atom is -0.317 e. The van der Waals surface area contributed by atoms with E-state index in [1.165, 1.54) is 24.9 Å². The maximum atomic E-state index is 3.42. The van der Waals surface area contributed by atoms with E-state index in [4.69, 9.17) is 0 Å². The van der Waals surface area contributed by atoms with Crippen LogP contribution in [0, 0.1) is 0 Å². The van der Waals surface area contributed by atoms with Gasteiger partial charge in [0, 0.05) is 24.7 Å². The molecule has 0 bridgehead atoms. The molecule has 1 aliphatic rings. The van der Waals surface area contributed by atoms with Gasteiger partial charge in [-0.25, -0.2) is 0 Å². The van der Waals surface area contributed by atoms with Crippen molar-refractivity contribution in [3.63, 3.8) is 0 Å². The Bertz CT molecular complexity index is 345. The van der Waals surface area contributed by atoms with Crippen LogP contribution in [-0.4, -0.2) is 30.1 Å². The predicted octanol–water partition coefficient (Wildman–Crippen LogP) is 2.65. The van der Waals surface area contributed by atoms with Crippen LogP contribution in [0.1, 0.15) is 32.3 Å². The van der Waals surface area contributed by atoms with Crippen LogP contribution >= 0.6 is 0 Å². The van der Waals surface area contributed by atoms with E-state index in [0.29, 0.717) is 11.6 Å². The van der Waals surface area contributed by atoms with Crippen molar-refractivity contribution in [3.8, 4) is 0 Å². The number of likely N-dealkylation sites (tertiary alicyclic amines) is 1. The van der Waals surface area contributed by atoms with Gasteiger partial charge in [-0.15, -0.1) is 0 Å². The third kappa shape index (κ3) is 3.08. The van der Waals surface area contributed by atoms with Crippen LogP contribution in [0.4, 0.5) is 0 Å². The second-order valence-electron chi connectivity index (χ2n) is 5.70. The van der Waals surface area contributed by atoms with Gasteiger partial charge in [0.15, 0.2) is 0 Å². The highest BCUT2D eigenvalue weighted by molar-refractivity contribution is 5.15. The molecule has 2 nitrogen and oxygen atoms in total. The molecular formula is C15H24N2. The number of benzene rings is 1. The first kappa shape index (κ1) is 12.6. The van der Waals surface area contributed by atoms with E-state index in [2.05, 4.69) is 61.4 Å². The first-order chi connectivity index (χ1) is 8.12. The molecule has 94 valence electrons. The van der Waals surface area contributed by atoms with Crippen molar-refractivity contribution in [2.45, 2.75) is 44.8 Å². The second-order valence-corrected chi connectivity index (χ2v) is 5.70. The highest BCUT2D eigenvalue weighted by Crippen LogP contribution is 2.28. The Morgan fingerprint density at radius 3 is 2.59 bits per heavy atom. The molecule has 2 heteroatoms. The van der Waals surface area contributed by atoms with E-state index >= 15 is 0 Å². The minimum atomic E-state index is 0.293. The quantitative estimate of drug-likeness (QED) is 0.862. The van der Waals surface area contributed by atoms with Crippen molar-refractivity contribution in [1.82, 2.24) is 10.2 Å².